The maximum absolute atomic E-state index is 5.57. The maximum Gasteiger partial charge on any atom is 0.0456 e. The molecular formula is C16H22N2. The van der Waals surface area contributed by atoms with Crippen molar-refractivity contribution < 1.29 is 0 Å². The minimum absolute atomic E-state index is 0.411. The molecule has 1 aromatic carbocycles. The van der Waals surface area contributed by atoms with Crippen molar-refractivity contribution in [3.05, 3.63) is 48.3 Å². The molecule has 0 amide bonds. The molecule has 0 aliphatic heterocycles. The van der Waals surface area contributed by atoms with Crippen molar-refractivity contribution in [1.29, 1.82) is 0 Å². The van der Waals surface area contributed by atoms with Crippen LogP contribution in [-0.4, -0.2) is 4.98 Å². The molecule has 0 bridgehead atoms. The molecular weight excluding hydrogens is 220 g/mol. The highest BCUT2D eigenvalue weighted by atomic mass is 14.7. The third kappa shape index (κ3) is 2.95. The van der Waals surface area contributed by atoms with Gasteiger partial charge in [0.2, 0.25) is 0 Å². The Hall–Kier alpha value is -1.70. The van der Waals surface area contributed by atoms with E-state index in [0.717, 1.165) is 6.42 Å². The van der Waals surface area contributed by atoms with Crippen molar-refractivity contribution in [3.8, 4) is 0 Å². The Labute approximate surface area is 109 Å². The second kappa shape index (κ2) is 6.29. The molecule has 1 aromatic heterocycles. The van der Waals surface area contributed by atoms with Crippen LogP contribution in [-0.2, 0) is 0 Å². The van der Waals surface area contributed by atoms with Gasteiger partial charge in [-0.25, -0.2) is 0 Å². The Morgan fingerprint density at radius 2 is 2.11 bits per heavy atom. The summed E-state index contributed by atoms with van der Waals surface area (Å²) in [5.41, 5.74) is 8.05. The van der Waals surface area contributed by atoms with Gasteiger partial charge in [-0.3, -0.25) is 0 Å². The molecule has 0 saturated heterocycles. The van der Waals surface area contributed by atoms with Gasteiger partial charge in [-0.1, -0.05) is 50.5 Å². The van der Waals surface area contributed by atoms with Crippen molar-refractivity contribution >= 4 is 10.9 Å². The van der Waals surface area contributed by atoms with E-state index in [0.29, 0.717) is 5.92 Å². The number of para-hydroxylation sites is 1. The molecule has 0 aliphatic carbocycles. The second-order valence-corrected chi connectivity index (χ2v) is 4.80. The lowest BCUT2D eigenvalue weighted by Gasteiger charge is -2.10. The molecule has 2 rings (SSSR count). The predicted molar refractivity (Wildman–Crippen MR) is 78.5 cm³/mol. The van der Waals surface area contributed by atoms with Crippen LogP contribution in [0.5, 0.6) is 0 Å². The highest BCUT2D eigenvalue weighted by molar-refractivity contribution is 5.80. The first-order valence-electron chi connectivity index (χ1n) is 6.81. The molecule has 1 atom stereocenters. The lowest BCUT2D eigenvalue weighted by Crippen LogP contribution is -1.97. The van der Waals surface area contributed by atoms with Crippen molar-refractivity contribution in [2.24, 2.45) is 5.73 Å². The van der Waals surface area contributed by atoms with Crippen LogP contribution in [0.15, 0.2) is 42.6 Å². The van der Waals surface area contributed by atoms with Gasteiger partial charge in [-0.2, -0.15) is 0 Å². The lowest BCUT2D eigenvalue weighted by atomic mass is 9.98. The summed E-state index contributed by atoms with van der Waals surface area (Å²) in [5, 5.41) is 1.28. The summed E-state index contributed by atoms with van der Waals surface area (Å²) in [6.07, 6.45) is 8.72. The summed E-state index contributed by atoms with van der Waals surface area (Å²) in [6, 6.07) is 10.6. The number of unbranched alkanes of at least 4 members (excludes halogenated alkanes) is 2. The number of nitrogens with one attached hydrogen (secondary N) is 1. The Bertz CT molecular complexity index is 478. The zero-order chi connectivity index (χ0) is 12.8. The monoisotopic (exact) mass is 242 g/mol. The molecule has 0 spiro atoms. The molecule has 0 radical (unpaired) electrons. The van der Waals surface area contributed by atoms with Crippen LogP contribution in [0, 0.1) is 0 Å². The first kappa shape index (κ1) is 12.7. The van der Waals surface area contributed by atoms with E-state index in [9.17, 15) is 0 Å². The van der Waals surface area contributed by atoms with Gasteiger partial charge in [0, 0.05) is 17.1 Å². The largest absolute Gasteiger partial charge is 0.405 e. The summed E-state index contributed by atoms with van der Waals surface area (Å²) in [7, 11) is 0. The average molecular weight is 242 g/mol. The number of hydrogen-bond donors (Lipinski definition) is 2. The van der Waals surface area contributed by atoms with Gasteiger partial charge in [-0.05, 0) is 30.1 Å². The number of nitrogens with two attached hydrogens (primary N) is 1. The van der Waals surface area contributed by atoms with Crippen LogP contribution in [0.2, 0.25) is 0 Å². The first-order valence-corrected chi connectivity index (χ1v) is 6.81. The second-order valence-electron chi connectivity index (χ2n) is 4.80. The van der Waals surface area contributed by atoms with E-state index in [2.05, 4.69) is 48.3 Å². The molecule has 1 heterocycles. The summed E-state index contributed by atoms with van der Waals surface area (Å²) in [6.45, 7) is 2.23. The number of hydrogen-bond acceptors (Lipinski definition) is 1. The number of H-pyrrole nitrogens is 1. The number of rotatable bonds is 6. The summed E-state index contributed by atoms with van der Waals surface area (Å²) in [5.74, 6) is 0.411. The third-order valence-corrected chi connectivity index (χ3v) is 3.41. The summed E-state index contributed by atoms with van der Waals surface area (Å²) in [4.78, 5) is 3.50. The molecule has 2 heteroatoms. The standard InChI is InChI=1S/C16H22N2/c1-2-3-4-7-13(10-11-17)16-12-14-8-5-6-9-15(14)18-16/h5-6,8-13,18H,2-4,7,17H2,1H3. The number of fused-ring (bicyclic) bond motifs is 1. The van der Waals surface area contributed by atoms with Gasteiger partial charge in [-0.15, -0.1) is 0 Å². The van der Waals surface area contributed by atoms with Crippen molar-refractivity contribution in [1.82, 2.24) is 4.98 Å². The Balaban J connectivity index is 2.18. The first-order chi connectivity index (χ1) is 8.85. The van der Waals surface area contributed by atoms with Gasteiger partial charge in [0.25, 0.3) is 0 Å². The van der Waals surface area contributed by atoms with Crippen LogP contribution < -0.4 is 5.73 Å². The highest BCUT2D eigenvalue weighted by Gasteiger charge is 2.10. The predicted octanol–water partition coefficient (Wildman–Crippen LogP) is 4.30. The van der Waals surface area contributed by atoms with Crippen LogP contribution in [0.25, 0.3) is 10.9 Å². The zero-order valence-corrected chi connectivity index (χ0v) is 11.0. The minimum atomic E-state index is 0.411. The van der Waals surface area contributed by atoms with E-state index in [-0.39, 0.29) is 0 Å². The molecule has 0 aliphatic rings. The number of allylic oxidation sites excluding steroid dienone is 1. The Kier molecular flexibility index (Phi) is 4.46. The molecule has 3 N–H and O–H groups in total. The molecule has 0 saturated carbocycles. The van der Waals surface area contributed by atoms with Crippen molar-refractivity contribution in [2.45, 2.75) is 38.5 Å². The summed E-state index contributed by atoms with van der Waals surface area (Å²) >= 11 is 0. The molecule has 2 aromatic rings. The molecule has 1 unspecified atom stereocenters. The van der Waals surface area contributed by atoms with E-state index < -0.39 is 0 Å². The van der Waals surface area contributed by atoms with Crippen LogP contribution >= 0.6 is 0 Å². The van der Waals surface area contributed by atoms with Crippen molar-refractivity contribution in [2.75, 3.05) is 0 Å². The van der Waals surface area contributed by atoms with Gasteiger partial charge in [0.1, 0.15) is 0 Å². The fourth-order valence-corrected chi connectivity index (χ4v) is 2.40. The van der Waals surface area contributed by atoms with E-state index in [1.54, 1.807) is 6.20 Å². The van der Waals surface area contributed by atoms with Gasteiger partial charge in [0.05, 0.1) is 0 Å². The number of benzene rings is 1. The van der Waals surface area contributed by atoms with Crippen LogP contribution in [0.3, 0.4) is 0 Å². The molecule has 96 valence electrons. The third-order valence-electron chi connectivity index (χ3n) is 3.41. The Morgan fingerprint density at radius 3 is 2.83 bits per heavy atom. The summed E-state index contributed by atoms with van der Waals surface area (Å²) < 4.78 is 0. The molecule has 0 fully saturated rings. The SMILES string of the molecule is CCCCCC(C=CN)c1cc2ccccc2[nH]1. The molecule has 18 heavy (non-hydrogen) atoms. The van der Waals surface area contributed by atoms with Gasteiger partial charge >= 0.3 is 0 Å². The quantitative estimate of drug-likeness (QED) is 0.728. The number of aromatic amines is 1. The smallest absolute Gasteiger partial charge is 0.0456 e. The zero-order valence-electron chi connectivity index (χ0n) is 11.0. The van der Waals surface area contributed by atoms with Crippen LogP contribution in [0.1, 0.15) is 44.2 Å². The minimum Gasteiger partial charge on any atom is -0.405 e. The van der Waals surface area contributed by atoms with Crippen molar-refractivity contribution in [3.63, 3.8) is 0 Å². The normalized spacial score (nSPS) is 13.4. The van der Waals surface area contributed by atoms with Crippen LogP contribution in [0.4, 0.5) is 0 Å². The fraction of sp³-hybridized carbons (Fsp3) is 0.375. The van der Waals surface area contributed by atoms with E-state index in [4.69, 9.17) is 5.73 Å². The highest BCUT2D eigenvalue weighted by Crippen LogP contribution is 2.26. The van der Waals surface area contributed by atoms with E-state index in [1.165, 1.54) is 35.9 Å². The average Bonchev–Trinajstić information content (AvgIpc) is 2.81. The topological polar surface area (TPSA) is 41.8 Å². The van der Waals surface area contributed by atoms with E-state index >= 15 is 0 Å². The van der Waals surface area contributed by atoms with E-state index in [1.807, 2.05) is 0 Å². The Morgan fingerprint density at radius 1 is 1.28 bits per heavy atom. The van der Waals surface area contributed by atoms with Gasteiger partial charge < -0.3 is 10.7 Å². The fourth-order valence-electron chi connectivity index (χ4n) is 2.40. The lowest BCUT2D eigenvalue weighted by molar-refractivity contribution is 0.622. The maximum atomic E-state index is 5.57. The van der Waals surface area contributed by atoms with Gasteiger partial charge in [0.15, 0.2) is 0 Å². The number of aromatic nitrogens is 1. The molecule has 2 nitrogen and oxygen atoms in total.